The van der Waals surface area contributed by atoms with Gasteiger partial charge >= 0.3 is 0 Å². The van der Waals surface area contributed by atoms with E-state index in [4.69, 9.17) is 22.1 Å². The molecule has 1 heterocycles. The molecular formula is C12H7ClFN3O4. The fraction of sp³-hybridized carbons (Fsp3) is 0. The highest BCUT2D eigenvalue weighted by molar-refractivity contribution is 6.34. The van der Waals surface area contributed by atoms with Gasteiger partial charge in [-0.15, -0.1) is 0 Å². The molecule has 2 N–H and O–H groups in total. The summed E-state index contributed by atoms with van der Waals surface area (Å²) in [5.74, 6) is -2.15. The van der Waals surface area contributed by atoms with E-state index in [9.17, 15) is 19.3 Å². The van der Waals surface area contributed by atoms with E-state index < -0.39 is 22.3 Å². The number of aromatic nitrogens is 1. The number of primary amides is 1. The van der Waals surface area contributed by atoms with E-state index in [1.54, 1.807) is 0 Å². The van der Waals surface area contributed by atoms with Gasteiger partial charge in [-0.1, -0.05) is 11.6 Å². The maximum atomic E-state index is 13.7. The van der Waals surface area contributed by atoms with E-state index >= 15 is 0 Å². The Labute approximate surface area is 122 Å². The van der Waals surface area contributed by atoms with Crippen LogP contribution in [-0.2, 0) is 0 Å². The van der Waals surface area contributed by atoms with Crippen molar-refractivity contribution in [1.82, 2.24) is 4.98 Å². The Morgan fingerprint density at radius 1 is 1.38 bits per heavy atom. The Bertz CT molecular complexity index is 738. The van der Waals surface area contributed by atoms with Gasteiger partial charge in [-0.25, -0.2) is 9.37 Å². The lowest BCUT2D eigenvalue weighted by Gasteiger charge is -2.09. The van der Waals surface area contributed by atoms with Crippen LogP contribution in [0.25, 0.3) is 0 Å². The van der Waals surface area contributed by atoms with Gasteiger partial charge in [0.2, 0.25) is 0 Å². The molecule has 0 atom stereocenters. The first-order valence-corrected chi connectivity index (χ1v) is 5.84. The van der Waals surface area contributed by atoms with Crippen LogP contribution in [0.3, 0.4) is 0 Å². The Kier molecular flexibility index (Phi) is 3.99. The van der Waals surface area contributed by atoms with Crippen LogP contribution in [0.1, 0.15) is 10.5 Å². The average Bonchev–Trinajstić information content (AvgIpc) is 2.42. The summed E-state index contributed by atoms with van der Waals surface area (Å²) in [7, 11) is 0. The summed E-state index contributed by atoms with van der Waals surface area (Å²) in [5.41, 5.74) is 4.43. The summed E-state index contributed by atoms with van der Waals surface area (Å²) in [6, 6.07) is 4.16. The van der Waals surface area contributed by atoms with E-state index in [2.05, 4.69) is 4.98 Å². The Hall–Kier alpha value is -2.74. The number of nitrogens with two attached hydrogens (primary N) is 1. The molecule has 0 saturated carbocycles. The van der Waals surface area contributed by atoms with Crippen molar-refractivity contribution in [2.24, 2.45) is 5.73 Å². The third-order valence-corrected chi connectivity index (χ3v) is 2.80. The first-order chi connectivity index (χ1) is 9.90. The lowest BCUT2D eigenvalue weighted by molar-refractivity contribution is -0.385. The minimum absolute atomic E-state index is 0.0479. The summed E-state index contributed by atoms with van der Waals surface area (Å²) in [6.07, 6.45) is 1.21. The van der Waals surface area contributed by atoms with Gasteiger partial charge in [-0.2, -0.15) is 0 Å². The third-order valence-electron chi connectivity index (χ3n) is 2.43. The number of benzene rings is 1. The number of carbonyl (C=O) groups excluding carboxylic acids is 1. The van der Waals surface area contributed by atoms with Crippen LogP contribution in [0.2, 0.25) is 5.02 Å². The molecule has 0 aliphatic rings. The second-order valence-electron chi connectivity index (χ2n) is 3.81. The average molecular weight is 312 g/mol. The summed E-state index contributed by atoms with van der Waals surface area (Å²) in [6.45, 7) is 0. The summed E-state index contributed by atoms with van der Waals surface area (Å²) in [4.78, 5) is 24.5. The molecule has 108 valence electrons. The maximum Gasteiger partial charge on any atom is 0.272 e. The zero-order chi connectivity index (χ0) is 15.6. The van der Waals surface area contributed by atoms with Gasteiger partial charge < -0.3 is 10.5 Å². The van der Waals surface area contributed by atoms with Crippen molar-refractivity contribution in [3.63, 3.8) is 0 Å². The molecule has 7 nitrogen and oxygen atoms in total. The Morgan fingerprint density at radius 3 is 2.67 bits per heavy atom. The second kappa shape index (κ2) is 5.71. The minimum Gasteiger partial charge on any atom is -0.453 e. The van der Waals surface area contributed by atoms with Crippen molar-refractivity contribution in [3.05, 3.63) is 57.1 Å². The summed E-state index contributed by atoms with van der Waals surface area (Å²) >= 11 is 5.87. The third kappa shape index (κ3) is 3.06. The molecule has 0 saturated heterocycles. The molecule has 0 radical (unpaired) electrons. The fourth-order valence-electron chi connectivity index (χ4n) is 1.48. The number of non-ortho nitro benzene ring substituents is 1. The quantitative estimate of drug-likeness (QED) is 0.689. The predicted octanol–water partition coefficient (Wildman–Crippen LogP) is 2.67. The minimum atomic E-state index is -0.947. The van der Waals surface area contributed by atoms with Gasteiger partial charge in [0, 0.05) is 18.3 Å². The highest BCUT2D eigenvalue weighted by Gasteiger charge is 2.17. The van der Waals surface area contributed by atoms with Crippen LogP contribution < -0.4 is 10.5 Å². The van der Waals surface area contributed by atoms with Crippen molar-refractivity contribution in [2.75, 3.05) is 0 Å². The molecule has 0 aliphatic carbocycles. The van der Waals surface area contributed by atoms with E-state index in [1.165, 1.54) is 12.3 Å². The number of nitro groups is 1. The van der Waals surface area contributed by atoms with Crippen LogP contribution in [0.5, 0.6) is 11.5 Å². The van der Waals surface area contributed by atoms with Gasteiger partial charge in [0.1, 0.15) is 16.5 Å². The molecule has 9 heteroatoms. The van der Waals surface area contributed by atoms with Crippen LogP contribution in [0.15, 0.2) is 30.5 Å². The number of ether oxygens (including phenoxy) is 1. The molecule has 0 aliphatic heterocycles. The lowest BCUT2D eigenvalue weighted by Crippen LogP contribution is -2.13. The Balaban J connectivity index is 2.37. The van der Waals surface area contributed by atoms with E-state index in [-0.39, 0.29) is 22.2 Å². The molecule has 2 aromatic rings. The van der Waals surface area contributed by atoms with Gasteiger partial charge in [0.05, 0.1) is 11.0 Å². The number of halogens is 2. The first-order valence-electron chi connectivity index (χ1n) is 5.46. The predicted molar refractivity (Wildman–Crippen MR) is 70.9 cm³/mol. The highest BCUT2D eigenvalue weighted by Crippen LogP contribution is 2.33. The summed E-state index contributed by atoms with van der Waals surface area (Å²) in [5, 5.41) is 10.3. The smallest absolute Gasteiger partial charge is 0.272 e. The lowest BCUT2D eigenvalue weighted by atomic mass is 10.3. The maximum absolute atomic E-state index is 13.7. The number of hydrogen-bond donors (Lipinski definition) is 1. The first kappa shape index (κ1) is 14.7. The van der Waals surface area contributed by atoms with Crippen LogP contribution in [-0.4, -0.2) is 15.8 Å². The van der Waals surface area contributed by atoms with Crippen LogP contribution >= 0.6 is 11.6 Å². The van der Waals surface area contributed by atoms with Crippen molar-refractivity contribution >= 4 is 23.2 Å². The van der Waals surface area contributed by atoms with E-state index in [0.29, 0.717) is 6.07 Å². The van der Waals surface area contributed by atoms with Gasteiger partial charge in [0.25, 0.3) is 11.6 Å². The number of pyridine rings is 1. The van der Waals surface area contributed by atoms with Gasteiger partial charge in [0.15, 0.2) is 11.6 Å². The molecule has 0 fully saturated rings. The number of carbonyl (C=O) groups is 1. The number of nitrogens with zero attached hydrogens (tertiary/aromatic N) is 2. The zero-order valence-electron chi connectivity index (χ0n) is 10.2. The monoisotopic (exact) mass is 311 g/mol. The molecule has 1 amide bonds. The fourth-order valence-corrected chi connectivity index (χ4v) is 1.72. The number of nitro benzene ring substituents is 1. The number of rotatable bonds is 4. The molecule has 1 aromatic heterocycles. The van der Waals surface area contributed by atoms with Crippen molar-refractivity contribution in [3.8, 4) is 11.5 Å². The van der Waals surface area contributed by atoms with Gasteiger partial charge in [-0.05, 0) is 6.07 Å². The zero-order valence-corrected chi connectivity index (χ0v) is 11.0. The molecular weight excluding hydrogens is 305 g/mol. The van der Waals surface area contributed by atoms with Crippen molar-refractivity contribution < 1.29 is 18.8 Å². The molecule has 1 aromatic carbocycles. The highest BCUT2D eigenvalue weighted by atomic mass is 35.5. The van der Waals surface area contributed by atoms with Crippen molar-refractivity contribution in [1.29, 1.82) is 0 Å². The SMILES string of the molecule is NC(=O)c1nccc(Oc2ccc([N+](=O)[O-])cc2F)c1Cl. The standard InChI is InChI=1S/C12H7ClFN3O4/c13-10-9(3-4-16-11(10)12(15)18)21-8-2-1-6(17(19)20)5-7(8)14/h1-5H,(H2,15,18). The largest absolute Gasteiger partial charge is 0.453 e. The molecule has 0 unspecified atom stereocenters. The molecule has 0 bridgehead atoms. The van der Waals surface area contributed by atoms with Gasteiger partial charge in [-0.3, -0.25) is 14.9 Å². The molecule has 21 heavy (non-hydrogen) atoms. The number of hydrogen-bond acceptors (Lipinski definition) is 5. The van der Waals surface area contributed by atoms with E-state index in [0.717, 1.165) is 12.1 Å². The topological polar surface area (TPSA) is 108 Å². The second-order valence-corrected chi connectivity index (χ2v) is 4.19. The molecule has 0 spiro atoms. The number of amides is 1. The molecule has 2 rings (SSSR count). The Morgan fingerprint density at radius 2 is 2.10 bits per heavy atom. The normalized spacial score (nSPS) is 10.2. The van der Waals surface area contributed by atoms with Crippen molar-refractivity contribution in [2.45, 2.75) is 0 Å². The van der Waals surface area contributed by atoms with Crippen LogP contribution in [0.4, 0.5) is 10.1 Å². The van der Waals surface area contributed by atoms with E-state index in [1.807, 2.05) is 0 Å². The van der Waals surface area contributed by atoms with Crippen LogP contribution in [0, 0.1) is 15.9 Å². The summed E-state index contributed by atoms with van der Waals surface area (Å²) < 4.78 is 18.9.